The van der Waals surface area contributed by atoms with Crippen molar-refractivity contribution in [2.45, 2.75) is 31.7 Å². The molecule has 5 nitrogen and oxygen atoms in total. The molecule has 0 unspecified atom stereocenters. The van der Waals surface area contributed by atoms with Gasteiger partial charge in [-0.1, -0.05) is 12.5 Å². The first-order valence-corrected chi connectivity index (χ1v) is 9.00. The van der Waals surface area contributed by atoms with E-state index >= 15 is 0 Å². The van der Waals surface area contributed by atoms with Crippen LogP contribution in [0.2, 0.25) is 0 Å². The van der Waals surface area contributed by atoms with Gasteiger partial charge in [-0.3, -0.25) is 0 Å². The van der Waals surface area contributed by atoms with E-state index in [2.05, 4.69) is 45.7 Å². The second kappa shape index (κ2) is 6.01. The molecular formula is C20H21N5. The molecule has 25 heavy (non-hydrogen) atoms. The van der Waals surface area contributed by atoms with Crippen molar-refractivity contribution in [3.05, 3.63) is 54.7 Å². The maximum atomic E-state index is 4.78. The van der Waals surface area contributed by atoms with Gasteiger partial charge in [0, 0.05) is 37.6 Å². The summed E-state index contributed by atoms with van der Waals surface area (Å²) in [4.78, 5) is 12.5. The van der Waals surface area contributed by atoms with Gasteiger partial charge < -0.3 is 14.7 Å². The van der Waals surface area contributed by atoms with Crippen LogP contribution < -0.4 is 5.32 Å². The summed E-state index contributed by atoms with van der Waals surface area (Å²) in [5.74, 6) is 1.06. The summed E-state index contributed by atoms with van der Waals surface area (Å²) in [6, 6.07) is 11.3. The number of imidazole rings is 2. The average Bonchev–Trinajstić information content (AvgIpc) is 3.21. The normalized spacial score (nSPS) is 15.0. The topological polar surface area (TPSA) is 58.0 Å². The number of nitrogens with one attached hydrogen (secondary N) is 2. The first kappa shape index (κ1) is 14.7. The molecule has 0 amide bonds. The number of aromatic nitrogens is 4. The minimum absolute atomic E-state index is 0.731. The molecule has 0 aliphatic heterocycles. The Hall–Kier alpha value is -2.66. The van der Waals surface area contributed by atoms with Gasteiger partial charge in [-0.05, 0) is 48.2 Å². The molecule has 1 aliphatic rings. The third-order valence-corrected chi connectivity index (χ3v) is 5.15. The highest BCUT2D eigenvalue weighted by Crippen LogP contribution is 2.24. The van der Waals surface area contributed by atoms with Crippen LogP contribution >= 0.6 is 0 Å². The van der Waals surface area contributed by atoms with Crippen LogP contribution in [0.1, 0.15) is 25.1 Å². The van der Waals surface area contributed by atoms with Gasteiger partial charge in [0.25, 0.3) is 0 Å². The Balaban J connectivity index is 1.38. The predicted octanol–water partition coefficient (Wildman–Crippen LogP) is 3.56. The van der Waals surface area contributed by atoms with Gasteiger partial charge in [0.05, 0.1) is 11.0 Å². The van der Waals surface area contributed by atoms with Crippen molar-refractivity contribution in [1.82, 2.24) is 24.7 Å². The molecule has 0 atom stereocenters. The fourth-order valence-corrected chi connectivity index (χ4v) is 3.45. The van der Waals surface area contributed by atoms with Crippen LogP contribution in [0.5, 0.6) is 0 Å². The Morgan fingerprint density at radius 3 is 2.96 bits per heavy atom. The van der Waals surface area contributed by atoms with Crippen LogP contribution in [0.15, 0.2) is 48.9 Å². The van der Waals surface area contributed by atoms with Crippen LogP contribution in [0, 0.1) is 0 Å². The first-order chi connectivity index (χ1) is 12.3. The lowest BCUT2D eigenvalue weighted by molar-refractivity contribution is 0.341. The fraction of sp³-hybridized carbons (Fsp3) is 0.300. The molecule has 1 aromatic carbocycles. The second-order valence-electron chi connectivity index (χ2n) is 6.86. The summed E-state index contributed by atoms with van der Waals surface area (Å²) in [6.07, 6.45) is 10.9. The van der Waals surface area contributed by atoms with E-state index in [9.17, 15) is 0 Å². The monoisotopic (exact) mass is 331 g/mol. The molecule has 1 aliphatic carbocycles. The lowest BCUT2D eigenvalue weighted by Crippen LogP contribution is -2.36. The maximum absolute atomic E-state index is 4.78. The van der Waals surface area contributed by atoms with E-state index in [1.807, 2.05) is 22.9 Å². The highest BCUT2D eigenvalue weighted by Gasteiger charge is 2.16. The van der Waals surface area contributed by atoms with Crippen LogP contribution in [0.25, 0.3) is 27.8 Å². The number of H-pyrrole nitrogens is 1. The lowest BCUT2D eigenvalue weighted by atomic mass is 9.93. The molecule has 2 N–H and O–H groups in total. The van der Waals surface area contributed by atoms with E-state index < -0.39 is 0 Å². The maximum Gasteiger partial charge on any atom is 0.136 e. The number of fused-ring (bicyclic) bond motifs is 2. The summed E-state index contributed by atoms with van der Waals surface area (Å²) in [6.45, 7) is 0.995. The number of benzene rings is 1. The van der Waals surface area contributed by atoms with Gasteiger partial charge in [0.1, 0.15) is 11.5 Å². The van der Waals surface area contributed by atoms with Crippen LogP contribution in [-0.4, -0.2) is 31.9 Å². The largest absolute Gasteiger partial charge is 0.342 e. The molecule has 0 spiro atoms. The van der Waals surface area contributed by atoms with Crippen molar-refractivity contribution in [3.8, 4) is 11.1 Å². The van der Waals surface area contributed by atoms with Crippen molar-refractivity contribution in [1.29, 1.82) is 0 Å². The summed E-state index contributed by atoms with van der Waals surface area (Å²) >= 11 is 0. The minimum Gasteiger partial charge on any atom is -0.342 e. The minimum atomic E-state index is 0.731. The summed E-state index contributed by atoms with van der Waals surface area (Å²) in [7, 11) is 0. The number of hydrogen-bond acceptors (Lipinski definition) is 3. The fourth-order valence-electron chi connectivity index (χ4n) is 3.45. The van der Waals surface area contributed by atoms with Crippen LogP contribution in [0.4, 0.5) is 0 Å². The van der Waals surface area contributed by atoms with Crippen LogP contribution in [0.3, 0.4) is 0 Å². The third kappa shape index (κ3) is 2.81. The van der Waals surface area contributed by atoms with Gasteiger partial charge in [0.2, 0.25) is 0 Å². The predicted molar refractivity (Wildman–Crippen MR) is 99.6 cm³/mol. The van der Waals surface area contributed by atoms with Crippen molar-refractivity contribution in [2.75, 3.05) is 6.54 Å². The molecule has 0 radical (unpaired) electrons. The summed E-state index contributed by atoms with van der Waals surface area (Å²) < 4.78 is 2.04. The molecule has 5 heteroatoms. The second-order valence-corrected chi connectivity index (χ2v) is 6.86. The van der Waals surface area contributed by atoms with E-state index in [-0.39, 0.29) is 0 Å². The van der Waals surface area contributed by atoms with E-state index in [1.54, 1.807) is 0 Å². The van der Waals surface area contributed by atoms with E-state index in [0.717, 1.165) is 41.5 Å². The Morgan fingerprint density at radius 1 is 1.16 bits per heavy atom. The van der Waals surface area contributed by atoms with Crippen molar-refractivity contribution < 1.29 is 0 Å². The van der Waals surface area contributed by atoms with Crippen molar-refractivity contribution >= 4 is 16.7 Å². The lowest BCUT2D eigenvalue weighted by Gasteiger charge is -2.26. The van der Waals surface area contributed by atoms with Gasteiger partial charge in [0.15, 0.2) is 0 Å². The van der Waals surface area contributed by atoms with E-state index in [4.69, 9.17) is 4.98 Å². The van der Waals surface area contributed by atoms with Crippen LogP contribution in [-0.2, 0) is 6.42 Å². The third-order valence-electron chi connectivity index (χ3n) is 5.15. The van der Waals surface area contributed by atoms with Gasteiger partial charge in [-0.2, -0.15) is 0 Å². The highest BCUT2D eigenvalue weighted by atomic mass is 15.0. The number of aromatic amines is 1. The Kier molecular flexibility index (Phi) is 3.52. The molecule has 0 saturated heterocycles. The number of rotatable bonds is 5. The van der Waals surface area contributed by atoms with Gasteiger partial charge in [-0.15, -0.1) is 0 Å². The van der Waals surface area contributed by atoms with Crippen molar-refractivity contribution in [3.63, 3.8) is 0 Å². The SMILES string of the molecule is c1cn2cc(-c3ccc4[nH]c(CCNC5CCC5)nc4c3)ccc2n1. The zero-order valence-corrected chi connectivity index (χ0v) is 14.1. The molecule has 1 saturated carbocycles. The molecular weight excluding hydrogens is 310 g/mol. The van der Waals surface area contributed by atoms with E-state index in [1.165, 1.54) is 30.4 Å². The molecule has 126 valence electrons. The highest BCUT2D eigenvalue weighted by molar-refractivity contribution is 5.82. The zero-order valence-electron chi connectivity index (χ0n) is 14.1. The van der Waals surface area contributed by atoms with E-state index in [0.29, 0.717) is 0 Å². The Labute approximate surface area is 146 Å². The first-order valence-electron chi connectivity index (χ1n) is 9.00. The van der Waals surface area contributed by atoms with Crippen molar-refractivity contribution in [2.24, 2.45) is 0 Å². The quantitative estimate of drug-likeness (QED) is 0.588. The molecule has 3 aromatic heterocycles. The smallest absolute Gasteiger partial charge is 0.136 e. The Morgan fingerprint density at radius 2 is 2.08 bits per heavy atom. The number of nitrogens with zero attached hydrogens (tertiary/aromatic N) is 3. The molecule has 4 aromatic rings. The molecule has 5 rings (SSSR count). The van der Waals surface area contributed by atoms with Gasteiger partial charge >= 0.3 is 0 Å². The zero-order chi connectivity index (χ0) is 16.6. The standard InChI is InChI=1S/C20H21N5/c1-2-16(3-1)21-9-8-19-23-17-6-4-14(12-18(17)24-19)15-5-7-20-22-10-11-25(20)13-15/h4-7,10-13,16,21H,1-3,8-9H2,(H,23,24). The summed E-state index contributed by atoms with van der Waals surface area (Å²) in [5, 5.41) is 3.59. The molecule has 0 bridgehead atoms. The number of hydrogen-bond donors (Lipinski definition) is 2. The average molecular weight is 331 g/mol. The molecule has 1 fully saturated rings. The Bertz CT molecular complexity index is 1020. The summed E-state index contributed by atoms with van der Waals surface area (Å²) in [5.41, 5.74) is 5.44. The van der Waals surface area contributed by atoms with Gasteiger partial charge in [-0.25, -0.2) is 9.97 Å². The molecule has 3 heterocycles. The number of pyridine rings is 1.